The minimum Gasteiger partial charge on any atom is -0.379 e. The lowest BCUT2D eigenvalue weighted by molar-refractivity contribution is -0.122. The van der Waals surface area contributed by atoms with E-state index in [9.17, 15) is 13.2 Å². The molecule has 0 aliphatic rings. The van der Waals surface area contributed by atoms with Crippen LogP contribution in [0, 0.1) is 0 Å². The molecule has 0 rings (SSSR count). The quantitative estimate of drug-likeness (QED) is 0.346. The molecule has 9 heteroatoms. The van der Waals surface area contributed by atoms with E-state index < -0.39 is 15.9 Å². The smallest absolute Gasteiger partial charge is 0.266 e. The Hall–Kier alpha value is -0.740. The van der Waals surface area contributed by atoms with E-state index in [1.54, 1.807) is 0 Å². The summed E-state index contributed by atoms with van der Waals surface area (Å²) in [7, 11) is -4.03. The maximum absolute atomic E-state index is 11.2. The molecule has 8 nitrogen and oxygen atoms in total. The molecule has 0 fully saturated rings. The van der Waals surface area contributed by atoms with Gasteiger partial charge in [0.05, 0.1) is 38.8 Å². The van der Waals surface area contributed by atoms with Crippen molar-refractivity contribution in [2.45, 2.75) is 13.3 Å². The second kappa shape index (κ2) is 12.0. The van der Waals surface area contributed by atoms with E-state index in [4.69, 9.17) is 18.8 Å². The van der Waals surface area contributed by atoms with Crippen LogP contribution in [-0.2, 0) is 29.1 Å². The van der Waals surface area contributed by atoms with Crippen molar-refractivity contribution >= 4 is 16.0 Å². The fourth-order valence-corrected chi connectivity index (χ4v) is 1.52. The minimum absolute atomic E-state index is 0.113. The van der Waals surface area contributed by atoms with Crippen molar-refractivity contribution in [2.75, 3.05) is 51.9 Å². The zero-order chi connectivity index (χ0) is 15.3. The predicted molar refractivity (Wildman–Crippen MR) is 72.2 cm³/mol. The number of carbonyl (C=O) groups excluding carboxylic acids is 1. The minimum atomic E-state index is -4.03. The number of carbonyl (C=O) groups is 1. The molecule has 0 atom stereocenters. The van der Waals surface area contributed by atoms with Gasteiger partial charge in [0.15, 0.2) is 0 Å². The van der Waals surface area contributed by atoms with Crippen molar-refractivity contribution in [1.29, 1.82) is 0 Å². The largest absolute Gasteiger partial charge is 0.379 e. The summed E-state index contributed by atoms with van der Waals surface area (Å²) < 4.78 is 44.7. The van der Waals surface area contributed by atoms with E-state index in [1.807, 2.05) is 6.92 Å². The Kier molecular flexibility index (Phi) is 11.6. The third-order valence-corrected chi connectivity index (χ3v) is 2.82. The summed E-state index contributed by atoms with van der Waals surface area (Å²) in [5.41, 5.74) is 0. The highest BCUT2D eigenvalue weighted by molar-refractivity contribution is 7.85. The SMILES string of the molecule is CCOCCOCCOCCC(=O)NCCS(=O)(=O)O. The van der Waals surface area contributed by atoms with Crippen LogP contribution in [0.15, 0.2) is 0 Å². The summed E-state index contributed by atoms with van der Waals surface area (Å²) in [6.07, 6.45) is 0.129. The van der Waals surface area contributed by atoms with Crippen LogP contribution < -0.4 is 5.32 Å². The highest BCUT2D eigenvalue weighted by Gasteiger charge is 2.06. The second-order valence-electron chi connectivity index (χ2n) is 3.81. The van der Waals surface area contributed by atoms with Crippen molar-refractivity contribution in [2.24, 2.45) is 0 Å². The molecule has 1 amide bonds. The summed E-state index contributed by atoms with van der Waals surface area (Å²) in [5, 5.41) is 2.36. The zero-order valence-electron chi connectivity index (χ0n) is 11.7. The Morgan fingerprint density at radius 3 is 2.15 bits per heavy atom. The van der Waals surface area contributed by atoms with Gasteiger partial charge in [-0.15, -0.1) is 0 Å². The van der Waals surface area contributed by atoms with E-state index >= 15 is 0 Å². The predicted octanol–water partition coefficient (Wildman–Crippen LogP) is -0.550. The number of ether oxygens (including phenoxy) is 3. The van der Waals surface area contributed by atoms with Gasteiger partial charge in [-0.25, -0.2) is 0 Å². The van der Waals surface area contributed by atoms with Crippen molar-refractivity contribution in [3.8, 4) is 0 Å². The summed E-state index contributed by atoms with van der Waals surface area (Å²) in [6, 6.07) is 0. The van der Waals surface area contributed by atoms with Crippen LogP contribution in [0.3, 0.4) is 0 Å². The van der Waals surface area contributed by atoms with Crippen LogP contribution in [0.25, 0.3) is 0 Å². The Morgan fingerprint density at radius 1 is 1.05 bits per heavy atom. The number of hydrogen-bond acceptors (Lipinski definition) is 6. The summed E-state index contributed by atoms with van der Waals surface area (Å²) >= 11 is 0. The number of amides is 1. The van der Waals surface area contributed by atoms with Gasteiger partial charge in [-0.1, -0.05) is 0 Å². The van der Waals surface area contributed by atoms with E-state index in [2.05, 4.69) is 5.32 Å². The van der Waals surface area contributed by atoms with Gasteiger partial charge in [0.25, 0.3) is 10.1 Å². The van der Waals surface area contributed by atoms with Gasteiger partial charge in [-0.2, -0.15) is 8.42 Å². The first kappa shape index (κ1) is 19.3. The normalized spacial score (nSPS) is 11.5. The van der Waals surface area contributed by atoms with Gasteiger partial charge in [-0.3, -0.25) is 9.35 Å². The second-order valence-corrected chi connectivity index (χ2v) is 5.38. The van der Waals surface area contributed by atoms with Crippen LogP contribution in [0.1, 0.15) is 13.3 Å². The number of nitrogens with one attached hydrogen (secondary N) is 1. The van der Waals surface area contributed by atoms with Gasteiger partial charge >= 0.3 is 0 Å². The molecule has 0 aromatic rings. The first-order chi connectivity index (χ1) is 9.45. The molecular formula is C11H23NO7S. The fourth-order valence-electron chi connectivity index (χ4n) is 1.16. The maximum atomic E-state index is 11.2. The first-order valence-electron chi connectivity index (χ1n) is 6.40. The molecule has 120 valence electrons. The Bertz CT molecular complexity index is 345. The number of hydrogen-bond donors (Lipinski definition) is 2. The highest BCUT2D eigenvalue weighted by Crippen LogP contribution is 1.86. The van der Waals surface area contributed by atoms with Crippen LogP contribution in [0.2, 0.25) is 0 Å². The van der Waals surface area contributed by atoms with Crippen molar-refractivity contribution in [3.05, 3.63) is 0 Å². The molecule has 20 heavy (non-hydrogen) atoms. The molecule has 0 saturated heterocycles. The van der Waals surface area contributed by atoms with Crippen molar-refractivity contribution < 1.29 is 32.0 Å². The van der Waals surface area contributed by atoms with Crippen LogP contribution >= 0.6 is 0 Å². The molecule has 0 saturated carbocycles. The molecule has 0 unspecified atom stereocenters. The standard InChI is InChI=1S/C11H23NO7S/c1-2-17-6-7-19-9-8-18-5-3-11(13)12-4-10-20(14,15)16/h2-10H2,1H3,(H,12,13)(H,14,15,16). The van der Waals surface area contributed by atoms with E-state index in [0.717, 1.165) is 0 Å². The third-order valence-electron chi connectivity index (χ3n) is 2.10. The molecule has 2 N–H and O–H groups in total. The molecule has 0 aliphatic heterocycles. The molecule has 0 radical (unpaired) electrons. The third kappa shape index (κ3) is 15.3. The van der Waals surface area contributed by atoms with E-state index in [0.29, 0.717) is 33.0 Å². The van der Waals surface area contributed by atoms with Crippen LogP contribution in [0.4, 0.5) is 0 Å². The van der Waals surface area contributed by atoms with Gasteiger partial charge in [-0.05, 0) is 6.92 Å². The van der Waals surface area contributed by atoms with Gasteiger partial charge in [0.2, 0.25) is 5.91 Å². The Morgan fingerprint density at radius 2 is 1.60 bits per heavy atom. The van der Waals surface area contributed by atoms with Crippen molar-refractivity contribution in [1.82, 2.24) is 5.32 Å². The lowest BCUT2D eigenvalue weighted by Crippen LogP contribution is -2.29. The van der Waals surface area contributed by atoms with Crippen molar-refractivity contribution in [3.63, 3.8) is 0 Å². The molecule has 0 bridgehead atoms. The lowest BCUT2D eigenvalue weighted by atomic mass is 10.4. The topological polar surface area (TPSA) is 111 Å². The molecular weight excluding hydrogens is 290 g/mol. The fraction of sp³-hybridized carbons (Fsp3) is 0.909. The van der Waals surface area contributed by atoms with Crippen LogP contribution in [0.5, 0.6) is 0 Å². The first-order valence-corrected chi connectivity index (χ1v) is 8.01. The average Bonchev–Trinajstić information content (AvgIpc) is 2.35. The molecule has 0 aromatic heterocycles. The van der Waals surface area contributed by atoms with Gasteiger partial charge in [0.1, 0.15) is 0 Å². The Labute approximate surface area is 119 Å². The lowest BCUT2D eigenvalue weighted by Gasteiger charge is -2.06. The molecule has 0 heterocycles. The van der Waals surface area contributed by atoms with E-state index in [-0.39, 0.29) is 25.5 Å². The average molecular weight is 313 g/mol. The summed E-state index contributed by atoms with van der Waals surface area (Å²) in [5.74, 6) is -0.821. The van der Waals surface area contributed by atoms with E-state index in [1.165, 1.54) is 0 Å². The molecule has 0 aromatic carbocycles. The Balaban J connectivity index is 3.27. The summed E-state index contributed by atoms with van der Waals surface area (Å²) in [4.78, 5) is 11.2. The maximum Gasteiger partial charge on any atom is 0.266 e. The molecule has 0 aliphatic carbocycles. The van der Waals surface area contributed by atoms with Crippen LogP contribution in [-0.4, -0.2) is 70.8 Å². The zero-order valence-corrected chi connectivity index (χ0v) is 12.5. The van der Waals surface area contributed by atoms with Gasteiger partial charge < -0.3 is 19.5 Å². The number of rotatable bonds is 13. The molecule has 0 spiro atoms. The highest BCUT2D eigenvalue weighted by atomic mass is 32.2. The monoisotopic (exact) mass is 313 g/mol. The van der Waals surface area contributed by atoms with Gasteiger partial charge in [0, 0.05) is 19.6 Å². The summed E-state index contributed by atoms with van der Waals surface area (Å²) in [6.45, 7) is 4.54.